The second-order valence-corrected chi connectivity index (χ2v) is 7.12. The van der Waals surface area contributed by atoms with Gasteiger partial charge < -0.3 is 4.74 Å². The van der Waals surface area contributed by atoms with Crippen LogP contribution in [0.15, 0.2) is 29.2 Å². The van der Waals surface area contributed by atoms with Crippen LogP contribution in [0, 0.1) is 5.92 Å². The molecule has 1 aromatic carbocycles. The van der Waals surface area contributed by atoms with E-state index in [1.165, 1.54) is 38.3 Å². The number of ketones is 1. The smallest absolute Gasteiger partial charge is 0.323 e. The number of Topliss-reactive ketones (excluding diaryl/α,β-unsaturated/α-hetero) is 1. The number of hydrogen-bond acceptors (Lipinski definition) is 5. The largest absolute Gasteiger partial charge is 0.468 e. The normalized spacial score (nSPS) is 13.0. The van der Waals surface area contributed by atoms with E-state index < -0.39 is 22.0 Å². The second kappa shape index (κ2) is 7.51. The van der Waals surface area contributed by atoms with Crippen LogP contribution in [0.5, 0.6) is 0 Å². The Hall–Kier alpha value is -1.73. The first kappa shape index (κ1) is 18.3. The molecule has 0 fully saturated rings. The molecular weight excluding hydrogens is 306 g/mol. The highest BCUT2D eigenvalue weighted by Crippen LogP contribution is 2.14. The Labute approximate surface area is 130 Å². The minimum Gasteiger partial charge on any atom is -0.468 e. The molecule has 0 aliphatic heterocycles. The van der Waals surface area contributed by atoms with Crippen LogP contribution in [0.3, 0.4) is 0 Å². The maximum atomic E-state index is 12.3. The van der Waals surface area contributed by atoms with E-state index in [0.29, 0.717) is 12.0 Å². The molecule has 22 heavy (non-hydrogen) atoms. The van der Waals surface area contributed by atoms with Gasteiger partial charge in [-0.2, -0.15) is 4.72 Å². The van der Waals surface area contributed by atoms with Gasteiger partial charge in [-0.15, -0.1) is 0 Å². The molecule has 1 aromatic rings. The Kier molecular flexibility index (Phi) is 6.25. The molecule has 0 saturated heterocycles. The predicted molar refractivity (Wildman–Crippen MR) is 82.0 cm³/mol. The Morgan fingerprint density at radius 2 is 1.73 bits per heavy atom. The van der Waals surface area contributed by atoms with Crippen molar-refractivity contribution in [3.63, 3.8) is 0 Å². The summed E-state index contributed by atoms with van der Waals surface area (Å²) in [6.45, 7) is 5.16. The van der Waals surface area contributed by atoms with Crippen LogP contribution in [0.25, 0.3) is 0 Å². The number of sulfonamides is 1. The number of benzene rings is 1. The molecule has 0 spiro atoms. The summed E-state index contributed by atoms with van der Waals surface area (Å²) < 4.78 is 31.6. The summed E-state index contributed by atoms with van der Waals surface area (Å²) in [4.78, 5) is 22.9. The van der Waals surface area contributed by atoms with Crippen molar-refractivity contribution in [2.45, 2.75) is 38.1 Å². The Bertz CT molecular complexity index is 634. The lowest BCUT2D eigenvalue weighted by molar-refractivity contribution is -0.143. The van der Waals surface area contributed by atoms with Gasteiger partial charge in [-0.1, -0.05) is 26.0 Å². The summed E-state index contributed by atoms with van der Waals surface area (Å²) >= 11 is 0. The Morgan fingerprint density at radius 3 is 2.14 bits per heavy atom. The first-order chi connectivity index (χ1) is 10.2. The van der Waals surface area contributed by atoms with Crippen molar-refractivity contribution < 1.29 is 22.7 Å². The lowest BCUT2D eigenvalue weighted by atomic mass is 10.1. The number of carbonyl (C=O) groups excluding carboxylic acids is 2. The molecular formula is C15H21NO5S. The molecule has 0 heterocycles. The molecule has 1 atom stereocenters. The topological polar surface area (TPSA) is 89.5 Å². The number of esters is 1. The molecule has 1 N–H and O–H groups in total. The zero-order valence-corrected chi connectivity index (χ0v) is 13.9. The van der Waals surface area contributed by atoms with Crippen molar-refractivity contribution in [2.75, 3.05) is 7.11 Å². The number of methoxy groups -OCH3 is 1. The Balaban J connectivity index is 3.01. The van der Waals surface area contributed by atoms with Crippen molar-refractivity contribution >= 4 is 21.8 Å². The highest BCUT2D eigenvalue weighted by molar-refractivity contribution is 7.89. The summed E-state index contributed by atoms with van der Waals surface area (Å²) in [5, 5.41) is 0. The summed E-state index contributed by atoms with van der Waals surface area (Å²) in [7, 11) is -2.65. The average Bonchev–Trinajstić information content (AvgIpc) is 2.45. The van der Waals surface area contributed by atoms with Crippen LogP contribution in [-0.2, 0) is 19.6 Å². The van der Waals surface area contributed by atoms with Crippen molar-refractivity contribution in [3.05, 3.63) is 29.8 Å². The molecule has 0 radical (unpaired) electrons. The highest BCUT2D eigenvalue weighted by Gasteiger charge is 2.27. The molecule has 1 rings (SSSR count). The number of ether oxygens (including phenoxy) is 1. The van der Waals surface area contributed by atoms with E-state index in [1.54, 1.807) is 0 Å². The number of carbonyl (C=O) groups is 2. The van der Waals surface area contributed by atoms with Gasteiger partial charge in [-0.25, -0.2) is 8.42 Å². The van der Waals surface area contributed by atoms with E-state index >= 15 is 0 Å². The molecule has 0 bridgehead atoms. The van der Waals surface area contributed by atoms with E-state index in [9.17, 15) is 18.0 Å². The van der Waals surface area contributed by atoms with Gasteiger partial charge >= 0.3 is 5.97 Å². The quantitative estimate of drug-likeness (QED) is 0.609. The summed E-state index contributed by atoms with van der Waals surface area (Å²) in [5.41, 5.74) is 0.422. The Morgan fingerprint density at radius 1 is 1.18 bits per heavy atom. The van der Waals surface area contributed by atoms with Crippen molar-refractivity contribution in [1.29, 1.82) is 0 Å². The number of nitrogens with one attached hydrogen (secondary N) is 1. The first-order valence-electron chi connectivity index (χ1n) is 6.88. The minimum absolute atomic E-state index is 0.00448. The van der Waals surface area contributed by atoms with Gasteiger partial charge in [0, 0.05) is 5.56 Å². The van der Waals surface area contributed by atoms with E-state index in [0.717, 1.165) is 0 Å². The van der Waals surface area contributed by atoms with Crippen LogP contribution >= 0.6 is 0 Å². The van der Waals surface area contributed by atoms with Crippen LogP contribution in [-0.4, -0.2) is 33.3 Å². The molecule has 122 valence electrons. The van der Waals surface area contributed by atoms with Crippen LogP contribution in [0.1, 0.15) is 37.6 Å². The van der Waals surface area contributed by atoms with Crippen LogP contribution in [0.2, 0.25) is 0 Å². The van der Waals surface area contributed by atoms with Gasteiger partial charge in [0.1, 0.15) is 6.04 Å². The third-order valence-electron chi connectivity index (χ3n) is 3.06. The van der Waals surface area contributed by atoms with E-state index in [4.69, 9.17) is 0 Å². The van der Waals surface area contributed by atoms with Crippen molar-refractivity contribution in [1.82, 2.24) is 4.72 Å². The van der Waals surface area contributed by atoms with Gasteiger partial charge in [0.25, 0.3) is 0 Å². The van der Waals surface area contributed by atoms with Crippen molar-refractivity contribution in [2.24, 2.45) is 5.92 Å². The summed E-state index contributed by atoms with van der Waals surface area (Å²) in [6, 6.07) is 4.60. The standard InChI is InChI=1S/C15H21NO5S/c1-10(2)9-14(15(18)21-4)16-22(19,20)13-7-5-12(6-8-13)11(3)17/h5-8,10,14,16H,9H2,1-4H3. The predicted octanol–water partition coefficient (Wildman–Crippen LogP) is 1.76. The fourth-order valence-electron chi connectivity index (χ4n) is 1.93. The molecule has 1 unspecified atom stereocenters. The fourth-order valence-corrected chi connectivity index (χ4v) is 3.13. The molecule has 0 aliphatic carbocycles. The van der Waals surface area contributed by atoms with Crippen molar-refractivity contribution in [3.8, 4) is 0 Å². The SMILES string of the molecule is COC(=O)C(CC(C)C)NS(=O)(=O)c1ccc(C(C)=O)cc1. The zero-order valence-electron chi connectivity index (χ0n) is 13.1. The second-order valence-electron chi connectivity index (χ2n) is 5.41. The third-order valence-corrected chi connectivity index (χ3v) is 4.55. The lowest BCUT2D eigenvalue weighted by Gasteiger charge is -2.18. The van der Waals surface area contributed by atoms with Crippen LogP contribution < -0.4 is 4.72 Å². The van der Waals surface area contributed by atoms with Gasteiger partial charge in [0.05, 0.1) is 12.0 Å². The fraction of sp³-hybridized carbons (Fsp3) is 0.467. The summed E-state index contributed by atoms with van der Waals surface area (Å²) in [6.07, 6.45) is 0.331. The average molecular weight is 327 g/mol. The highest BCUT2D eigenvalue weighted by atomic mass is 32.2. The number of rotatable bonds is 7. The summed E-state index contributed by atoms with van der Waals surface area (Å²) in [5.74, 6) is -0.659. The molecule has 0 aromatic heterocycles. The van der Waals surface area contributed by atoms with Gasteiger partial charge in [-0.05, 0) is 31.4 Å². The molecule has 0 amide bonds. The minimum atomic E-state index is -3.86. The lowest BCUT2D eigenvalue weighted by Crippen LogP contribution is -2.42. The van der Waals surface area contributed by atoms with E-state index in [1.807, 2.05) is 13.8 Å². The molecule has 7 heteroatoms. The van der Waals surface area contributed by atoms with Gasteiger partial charge in [-0.3, -0.25) is 9.59 Å². The number of hydrogen-bond donors (Lipinski definition) is 1. The maximum Gasteiger partial charge on any atom is 0.323 e. The van der Waals surface area contributed by atoms with E-state index in [-0.39, 0.29) is 16.6 Å². The van der Waals surface area contributed by atoms with Gasteiger partial charge in [0.2, 0.25) is 10.0 Å². The van der Waals surface area contributed by atoms with E-state index in [2.05, 4.69) is 9.46 Å². The molecule has 0 saturated carbocycles. The maximum absolute atomic E-state index is 12.3. The first-order valence-corrected chi connectivity index (χ1v) is 8.37. The van der Waals surface area contributed by atoms with Crippen LogP contribution in [0.4, 0.5) is 0 Å². The molecule has 0 aliphatic rings. The molecule has 6 nitrogen and oxygen atoms in total. The van der Waals surface area contributed by atoms with Gasteiger partial charge in [0.15, 0.2) is 5.78 Å². The zero-order chi connectivity index (χ0) is 16.9. The monoisotopic (exact) mass is 327 g/mol. The third kappa shape index (κ3) is 4.92.